The molecule has 30 heavy (non-hydrogen) atoms. The molecule has 2 aromatic carbocycles. The molecule has 2 atom stereocenters. The number of para-hydroxylation sites is 2. The van der Waals surface area contributed by atoms with Crippen molar-refractivity contribution >= 4 is 34.0 Å². The lowest BCUT2D eigenvalue weighted by Crippen LogP contribution is -2.26. The summed E-state index contributed by atoms with van der Waals surface area (Å²) in [5, 5.41) is 14.2. The maximum absolute atomic E-state index is 6.23. The van der Waals surface area contributed by atoms with Crippen molar-refractivity contribution < 1.29 is 9.05 Å². The van der Waals surface area contributed by atoms with Gasteiger partial charge in [-0.3, -0.25) is 0 Å². The van der Waals surface area contributed by atoms with E-state index in [0.29, 0.717) is 13.2 Å². The summed E-state index contributed by atoms with van der Waals surface area (Å²) in [6.45, 7) is 2.89. The highest BCUT2D eigenvalue weighted by Gasteiger charge is 2.41. The number of nitrogens with one attached hydrogen (secondary N) is 4. The number of anilines is 2. The van der Waals surface area contributed by atoms with E-state index in [9.17, 15) is 0 Å². The Morgan fingerprint density at radius 3 is 1.63 bits per heavy atom. The highest BCUT2D eigenvalue weighted by Crippen LogP contribution is 2.76. The third-order valence-electron chi connectivity index (χ3n) is 4.68. The van der Waals surface area contributed by atoms with Gasteiger partial charge in [-0.2, -0.15) is 13.5 Å². The lowest BCUT2D eigenvalue weighted by molar-refractivity contribution is 0.301. The third kappa shape index (κ3) is 4.44. The summed E-state index contributed by atoms with van der Waals surface area (Å²) in [5.74, 6) is 0. The van der Waals surface area contributed by atoms with Crippen LogP contribution in [0.5, 0.6) is 0 Å². The monoisotopic (exact) mass is 465 g/mol. The van der Waals surface area contributed by atoms with Crippen molar-refractivity contribution in [1.82, 2.24) is 10.2 Å². The summed E-state index contributed by atoms with van der Waals surface area (Å²) in [6.07, 6.45) is 1.88. The van der Waals surface area contributed by atoms with Crippen LogP contribution in [0.1, 0.15) is 12.8 Å². The maximum atomic E-state index is 6.23. The van der Waals surface area contributed by atoms with E-state index in [4.69, 9.17) is 22.6 Å². The van der Waals surface area contributed by atoms with Crippen LogP contribution >= 0.6 is 22.7 Å². The quantitative estimate of drug-likeness (QED) is 0.408. The summed E-state index contributed by atoms with van der Waals surface area (Å²) < 4.78 is 27.8. The van der Waals surface area contributed by atoms with Crippen LogP contribution in [-0.4, -0.2) is 26.3 Å². The van der Waals surface area contributed by atoms with E-state index < -0.39 is 22.7 Å². The summed E-state index contributed by atoms with van der Waals surface area (Å²) >= 11 is 0. The maximum Gasteiger partial charge on any atom is 0.281 e. The van der Waals surface area contributed by atoms with Crippen molar-refractivity contribution in [2.75, 3.05) is 36.5 Å². The Balaban J connectivity index is 1.69. The third-order valence-corrected chi connectivity index (χ3v) is 14.1. The van der Waals surface area contributed by atoms with Gasteiger partial charge in [0.05, 0.1) is 13.2 Å². The molecular formula is C18H26N7O2P3. The van der Waals surface area contributed by atoms with Gasteiger partial charge < -0.3 is 19.2 Å². The van der Waals surface area contributed by atoms with E-state index in [2.05, 4.69) is 20.3 Å². The second-order valence-corrected chi connectivity index (χ2v) is 14.2. The largest absolute Gasteiger partial charge is 0.319 e. The van der Waals surface area contributed by atoms with Crippen molar-refractivity contribution in [3.8, 4) is 0 Å². The Labute approximate surface area is 177 Å². The molecule has 12 heteroatoms. The molecule has 2 saturated heterocycles. The molecular weight excluding hydrogens is 439 g/mol. The molecule has 0 amide bonds. The fourth-order valence-corrected chi connectivity index (χ4v) is 14.4. The second kappa shape index (κ2) is 8.60. The first-order valence-electron chi connectivity index (χ1n) is 10.1. The molecule has 2 aromatic rings. The lowest BCUT2D eigenvalue weighted by Gasteiger charge is -2.38. The zero-order chi connectivity index (χ0) is 20.3. The van der Waals surface area contributed by atoms with Gasteiger partial charge in [-0.15, -0.1) is 0 Å². The van der Waals surface area contributed by atoms with Crippen LogP contribution in [0, 0.1) is 0 Å². The molecule has 3 aliphatic heterocycles. The Bertz CT molecular complexity index is 979. The molecule has 160 valence electrons. The Morgan fingerprint density at radius 1 is 0.667 bits per heavy atom. The predicted octanol–water partition coefficient (Wildman–Crippen LogP) is 6.08. The molecule has 2 spiro atoms. The van der Waals surface area contributed by atoms with Crippen LogP contribution in [0.3, 0.4) is 0 Å². The summed E-state index contributed by atoms with van der Waals surface area (Å²) in [6, 6.07) is 20.0. The second-order valence-electron chi connectivity index (χ2n) is 7.10. The first-order chi connectivity index (χ1) is 14.7. The predicted molar refractivity (Wildman–Crippen MR) is 125 cm³/mol. The first-order valence-corrected chi connectivity index (χ1v) is 15.0. The minimum atomic E-state index is -2.72. The van der Waals surface area contributed by atoms with E-state index in [1.165, 1.54) is 0 Å². The summed E-state index contributed by atoms with van der Waals surface area (Å²) in [5.41, 5.74) is 1.88. The number of hydrogen-bond donors (Lipinski definition) is 4. The molecule has 3 heterocycles. The zero-order valence-corrected chi connectivity index (χ0v) is 19.2. The van der Waals surface area contributed by atoms with Gasteiger partial charge in [0.25, 0.3) is 22.7 Å². The van der Waals surface area contributed by atoms with Gasteiger partial charge in [0, 0.05) is 24.5 Å². The summed E-state index contributed by atoms with van der Waals surface area (Å²) in [7, 11) is -7.96. The van der Waals surface area contributed by atoms with Crippen molar-refractivity contribution in [1.29, 1.82) is 0 Å². The standard InChI is InChI=1S/C18H26N7O2P3/c1-3-9-17(10-4-1)21-28(22-18-11-5-2-6-12-18)23-29(19-13-7-15-26-29)25-30(24-28)20-14-8-16-27-30/h1-6,9-12,19-22H,7-8,13-16H2. The fourth-order valence-electron chi connectivity index (χ4n) is 3.37. The van der Waals surface area contributed by atoms with Crippen molar-refractivity contribution in [3.63, 3.8) is 0 Å². The van der Waals surface area contributed by atoms with E-state index in [1.54, 1.807) is 0 Å². The van der Waals surface area contributed by atoms with Gasteiger partial charge in [-0.1, -0.05) is 36.4 Å². The smallest absolute Gasteiger partial charge is 0.281 e. The minimum Gasteiger partial charge on any atom is -0.319 e. The van der Waals surface area contributed by atoms with E-state index >= 15 is 0 Å². The van der Waals surface area contributed by atoms with Crippen LogP contribution < -0.4 is 20.3 Å². The molecule has 0 bridgehead atoms. The van der Waals surface area contributed by atoms with Crippen LogP contribution in [0.15, 0.2) is 74.2 Å². The highest BCUT2D eigenvalue weighted by atomic mass is 31.3. The molecule has 9 nitrogen and oxygen atoms in total. The minimum absolute atomic E-state index is 0.629. The molecule has 5 rings (SSSR count). The van der Waals surface area contributed by atoms with Gasteiger partial charge in [-0.25, -0.2) is 10.2 Å². The Kier molecular flexibility index (Phi) is 5.87. The van der Waals surface area contributed by atoms with Gasteiger partial charge in [0.1, 0.15) is 0 Å². The van der Waals surface area contributed by atoms with Crippen LogP contribution in [0.2, 0.25) is 0 Å². The average molecular weight is 465 g/mol. The van der Waals surface area contributed by atoms with Gasteiger partial charge in [-0.05, 0) is 37.1 Å². The molecule has 2 unspecified atom stereocenters. The average Bonchev–Trinajstić information content (AvgIpc) is 2.75. The topological polar surface area (TPSA) is 104 Å². The molecule has 0 aliphatic carbocycles. The molecule has 0 aromatic heterocycles. The lowest BCUT2D eigenvalue weighted by atomic mass is 10.3. The van der Waals surface area contributed by atoms with E-state index in [-0.39, 0.29) is 0 Å². The van der Waals surface area contributed by atoms with Crippen LogP contribution in [0.25, 0.3) is 0 Å². The number of benzene rings is 2. The van der Waals surface area contributed by atoms with E-state index in [1.807, 2.05) is 60.7 Å². The zero-order valence-electron chi connectivity index (χ0n) is 16.5. The van der Waals surface area contributed by atoms with E-state index in [0.717, 1.165) is 37.3 Å². The fraction of sp³-hybridized carbons (Fsp3) is 0.333. The number of rotatable bonds is 4. The molecule has 4 N–H and O–H groups in total. The molecule has 3 aliphatic rings. The van der Waals surface area contributed by atoms with Crippen LogP contribution in [0.4, 0.5) is 11.4 Å². The van der Waals surface area contributed by atoms with Crippen molar-refractivity contribution in [2.24, 2.45) is 13.5 Å². The normalized spacial score (nSPS) is 30.0. The Morgan fingerprint density at radius 2 is 1.17 bits per heavy atom. The molecule has 0 saturated carbocycles. The van der Waals surface area contributed by atoms with Crippen LogP contribution in [-0.2, 0) is 9.05 Å². The van der Waals surface area contributed by atoms with Gasteiger partial charge in [0.15, 0.2) is 0 Å². The molecule has 0 radical (unpaired) electrons. The van der Waals surface area contributed by atoms with Crippen molar-refractivity contribution in [2.45, 2.75) is 12.8 Å². The Hall–Kier alpha value is -1.43. The first kappa shape index (κ1) is 20.5. The van der Waals surface area contributed by atoms with Crippen molar-refractivity contribution in [3.05, 3.63) is 60.7 Å². The number of hydrogen-bond acceptors (Lipinski definition) is 9. The van der Waals surface area contributed by atoms with Gasteiger partial charge >= 0.3 is 0 Å². The number of nitrogens with zero attached hydrogens (tertiary/aromatic N) is 3. The summed E-state index contributed by atoms with van der Waals surface area (Å²) in [4.78, 5) is 0. The highest BCUT2D eigenvalue weighted by molar-refractivity contribution is 7.84. The molecule has 2 fully saturated rings. The van der Waals surface area contributed by atoms with Gasteiger partial charge in [0.2, 0.25) is 0 Å². The SMILES string of the molecule is c1ccc(NP2(Nc3ccccc3)=NP3(=NP4(=N2)NCCCO4)NCCCO3)cc1.